The Labute approximate surface area is 195 Å². The molecule has 1 fully saturated rings. The predicted molar refractivity (Wildman–Crippen MR) is 128 cm³/mol. The molecule has 1 unspecified atom stereocenters. The number of carbonyl (C=O) groups excluding carboxylic acids is 1. The van der Waals surface area contributed by atoms with Gasteiger partial charge in [0.05, 0.1) is 13.3 Å². The second kappa shape index (κ2) is 11.8. The molecule has 2 aromatic rings. The molecule has 1 aromatic carbocycles. The van der Waals surface area contributed by atoms with Crippen LogP contribution in [0.2, 0.25) is 0 Å². The molecule has 2 N–H and O–H groups in total. The highest BCUT2D eigenvalue weighted by atomic mass is 127. The number of nitrogens with zero attached hydrogens (tertiary/aromatic N) is 4. The summed E-state index contributed by atoms with van der Waals surface area (Å²) in [5, 5.41) is 10.5. The summed E-state index contributed by atoms with van der Waals surface area (Å²) in [6, 6.07) is 7.65. The molecule has 0 radical (unpaired) electrons. The van der Waals surface area contributed by atoms with E-state index in [1.54, 1.807) is 7.11 Å². The summed E-state index contributed by atoms with van der Waals surface area (Å²) in [5.74, 6) is 1.93. The van der Waals surface area contributed by atoms with Crippen molar-refractivity contribution in [3.05, 3.63) is 47.8 Å². The monoisotopic (exact) mass is 526 g/mol. The van der Waals surface area contributed by atoms with Crippen LogP contribution in [0.5, 0.6) is 5.75 Å². The van der Waals surface area contributed by atoms with Crippen LogP contribution in [-0.2, 0) is 18.4 Å². The Morgan fingerprint density at radius 1 is 1.30 bits per heavy atom. The van der Waals surface area contributed by atoms with E-state index in [2.05, 4.69) is 31.8 Å². The van der Waals surface area contributed by atoms with E-state index in [4.69, 9.17) is 4.74 Å². The van der Waals surface area contributed by atoms with Crippen LogP contribution >= 0.6 is 24.0 Å². The topological polar surface area (TPSA) is 83.8 Å². The summed E-state index contributed by atoms with van der Waals surface area (Å²) in [6.45, 7) is 5.17. The molecule has 164 valence electrons. The second-order valence-corrected chi connectivity index (χ2v) is 7.17. The van der Waals surface area contributed by atoms with Crippen LogP contribution in [0.3, 0.4) is 0 Å². The maximum absolute atomic E-state index is 12.3. The minimum atomic E-state index is -0.0979. The molecule has 9 heteroatoms. The summed E-state index contributed by atoms with van der Waals surface area (Å²) >= 11 is 0. The van der Waals surface area contributed by atoms with Crippen LogP contribution in [0.4, 0.5) is 0 Å². The third-order valence-corrected chi connectivity index (χ3v) is 5.04. The molecule has 1 atom stereocenters. The van der Waals surface area contributed by atoms with Crippen molar-refractivity contribution in [2.75, 3.05) is 33.3 Å². The first-order chi connectivity index (χ1) is 14.1. The van der Waals surface area contributed by atoms with Gasteiger partial charge in [-0.05, 0) is 36.6 Å². The molecular weight excluding hydrogens is 495 g/mol. The summed E-state index contributed by atoms with van der Waals surface area (Å²) in [5.41, 5.74) is 2.27. The van der Waals surface area contributed by atoms with Crippen LogP contribution in [0.15, 0.2) is 41.7 Å². The van der Waals surface area contributed by atoms with Crippen molar-refractivity contribution in [3.63, 3.8) is 0 Å². The first-order valence-electron chi connectivity index (χ1n) is 10.0. The highest BCUT2D eigenvalue weighted by Crippen LogP contribution is 2.26. The van der Waals surface area contributed by atoms with E-state index in [-0.39, 0.29) is 36.4 Å². The number of aryl methyl sites for hydroxylation is 1. The van der Waals surface area contributed by atoms with Gasteiger partial charge in [0.1, 0.15) is 12.3 Å². The number of hydrogen-bond donors (Lipinski definition) is 2. The molecule has 3 rings (SSSR count). The van der Waals surface area contributed by atoms with Crippen LogP contribution < -0.4 is 15.4 Å². The van der Waals surface area contributed by atoms with Crippen molar-refractivity contribution in [3.8, 4) is 5.75 Å². The Kier molecular flexibility index (Phi) is 9.41. The average molecular weight is 526 g/mol. The Hall–Kier alpha value is -2.30. The van der Waals surface area contributed by atoms with Gasteiger partial charge < -0.3 is 20.3 Å². The maximum atomic E-state index is 12.3. The van der Waals surface area contributed by atoms with Crippen LogP contribution in [0, 0.1) is 0 Å². The van der Waals surface area contributed by atoms with Crippen LogP contribution in [0.1, 0.15) is 30.4 Å². The van der Waals surface area contributed by atoms with Gasteiger partial charge in [0.2, 0.25) is 5.91 Å². The molecule has 0 saturated carbocycles. The number of hydrogen-bond acceptors (Lipinski definition) is 4. The molecule has 0 spiro atoms. The normalized spacial score (nSPS) is 16.2. The minimum absolute atomic E-state index is 0. The lowest BCUT2D eigenvalue weighted by atomic mass is 10.0. The van der Waals surface area contributed by atoms with Crippen molar-refractivity contribution in [1.82, 2.24) is 25.3 Å². The average Bonchev–Trinajstić information content (AvgIpc) is 3.39. The van der Waals surface area contributed by atoms with Crippen molar-refractivity contribution in [1.29, 1.82) is 0 Å². The number of rotatable bonds is 7. The largest absolute Gasteiger partial charge is 0.497 e. The Morgan fingerprint density at radius 2 is 2.07 bits per heavy atom. The number of nitrogens with one attached hydrogen (secondary N) is 2. The molecule has 8 nitrogen and oxygen atoms in total. The molecule has 1 saturated heterocycles. The lowest BCUT2D eigenvalue weighted by Crippen LogP contribution is -2.40. The lowest BCUT2D eigenvalue weighted by molar-refractivity contribution is -0.119. The summed E-state index contributed by atoms with van der Waals surface area (Å²) < 4.78 is 6.98. The molecule has 30 heavy (non-hydrogen) atoms. The van der Waals surface area contributed by atoms with E-state index in [1.165, 1.54) is 5.56 Å². The number of methoxy groups -OCH3 is 1. The van der Waals surface area contributed by atoms with Crippen molar-refractivity contribution < 1.29 is 9.53 Å². The fourth-order valence-corrected chi connectivity index (χ4v) is 3.45. The Balaban J connectivity index is 0.00000320. The highest BCUT2D eigenvalue weighted by molar-refractivity contribution is 14.0. The highest BCUT2D eigenvalue weighted by Gasteiger charge is 2.27. The van der Waals surface area contributed by atoms with Gasteiger partial charge in [-0.1, -0.05) is 12.1 Å². The number of amides is 1. The van der Waals surface area contributed by atoms with Gasteiger partial charge in [0.15, 0.2) is 5.96 Å². The van der Waals surface area contributed by atoms with Gasteiger partial charge in [-0.3, -0.25) is 9.48 Å². The summed E-state index contributed by atoms with van der Waals surface area (Å²) in [6.07, 6.45) is 5.06. The number of ether oxygens (including phenoxy) is 1. The van der Waals surface area contributed by atoms with E-state index in [0.717, 1.165) is 43.3 Å². The fourth-order valence-electron chi connectivity index (χ4n) is 3.45. The smallest absolute Gasteiger partial charge is 0.242 e. The van der Waals surface area contributed by atoms with Crippen molar-refractivity contribution in [2.24, 2.45) is 12.0 Å². The minimum Gasteiger partial charge on any atom is -0.497 e. The van der Waals surface area contributed by atoms with Gasteiger partial charge in [-0.15, -0.1) is 24.0 Å². The maximum Gasteiger partial charge on any atom is 0.242 e. The lowest BCUT2D eigenvalue weighted by Gasteiger charge is -2.21. The zero-order chi connectivity index (χ0) is 20.6. The number of halogens is 1. The number of benzene rings is 1. The summed E-state index contributed by atoms with van der Waals surface area (Å²) in [7, 11) is 3.57. The molecule has 1 amide bonds. The second-order valence-electron chi connectivity index (χ2n) is 7.17. The predicted octanol–water partition coefficient (Wildman–Crippen LogP) is 2.12. The number of carbonyl (C=O) groups is 1. The number of guanidine groups is 1. The summed E-state index contributed by atoms with van der Waals surface area (Å²) in [4.78, 5) is 19.0. The van der Waals surface area contributed by atoms with Crippen LogP contribution in [0.25, 0.3) is 0 Å². The first kappa shape index (κ1) is 24.0. The molecule has 0 aliphatic carbocycles. The number of likely N-dealkylation sites (tertiary alicyclic amines) is 1. The van der Waals surface area contributed by atoms with E-state index in [1.807, 2.05) is 49.1 Å². The molecule has 1 aromatic heterocycles. The zero-order valence-electron chi connectivity index (χ0n) is 17.8. The Morgan fingerprint density at radius 3 is 2.70 bits per heavy atom. The quantitative estimate of drug-likeness (QED) is 0.328. The molecular formula is C21H31IN6O2. The van der Waals surface area contributed by atoms with Gasteiger partial charge in [0.25, 0.3) is 0 Å². The van der Waals surface area contributed by atoms with Gasteiger partial charge in [0, 0.05) is 45.3 Å². The fraction of sp³-hybridized carbons (Fsp3) is 0.476. The molecule has 1 aliphatic heterocycles. The zero-order valence-corrected chi connectivity index (χ0v) is 20.1. The number of aliphatic imine (C=N–C) groups is 1. The third kappa shape index (κ3) is 6.61. The number of aromatic nitrogens is 2. The van der Waals surface area contributed by atoms with Gasteiger partial charge >= 0.3 is 0 Å². The molecule has 1 aliphatic rings. The van der Waals surface area contributed by atoms with Gasteiger partial charge in [-0.2, -0.15) is 5.10 Å². The van der Waals surface area contributed by atoms with E-state index in [9.17, 15) is 4.79 Å². The van der Waals surface area contributed by atoms with Crippen molar-refractivity contribution in [2.45, 2.75) is 25.8 Å². The van der Waals surface area contributed by atoms with Gasteiger partial charge in [-0.25, -0.2) is 4.99 Å². The molecule has 0 bridgehead atoms. The molecule has 2 heterocycles. The van der Waals surface area contributed by atoms with E-state index < -0.39 is 0 Å². The van der Waals surface area contributed by atoms with E-state index >= 15 is 0 Å². The van der Waals surface area contributed by atoms with Crippen molar-refractivity contribution >= 4 is 35.8 Å². The van der Waals surface area contributed by atoms with Crippen LogP contribution in [-0.4, -0.2) is 59.8 Å². The first-order valence-corrected chi connectivity index (χ1v) is 10.0. The standard InChI is InChI=1S/C21H30N6O2.HI/c1-4-22-21(27-10-9-17(15-27)18-12-25-26(2)14-18)24-13-20(28)23-11-16-5-7-19(29-3)8-6-16;/h5-8,12,14,17H,4,9-11,13,15H2,1-3H3,(H,22,24)(H,23,28);1H. The van der Waals surface area contributed by atoms with E-state index in [0.29, 0.717) is 12.5 Å². The Bertz CT molecular complexity index is 836. The SMILES string of the molecule is CCNC(=NCC(=O)NCc1ccc(OC)cc1)N1CCC(c2cnn(C)c2)C1.I. The third-order valence-electron chi connectivity index (χ3n) is 5.04.